The van der Waals surface area contributed by atoms with Crippen LogP contribution in [0.5, 0.6) is 0 Å². The number of nitrogens with zero attached hydrogens (tertiary/aromatic N) is 1. The number of ketones is 1. The summed E-state index contributed by atoms with van der Waals surface area (Å²) in [7, 11) is 0. The van der Waals surface area contributed by atoms with Crippen molar-refractivity contribution in [2.75, 3.05) is 0 Å². The van der Waals surface area contributed by atoms with E-state index in [4.69, 9.17) is 0 Å². The highest BCUT2D eigenvalue weighted by Gasteiger charge is 2.03. The first kappa shape index (κ1) is 11.4. The molecule has 0 bridgehead atoms. The maximum absolute atomic E-state index is 11.8. The third-order valence-corrected chi connectivity index (χ3v) is 2.54. The van der Waals surface area contributed by atoms with E-state index in [2.05, 4.69) is 0 Å². The Balaban J connectivity index is 2.29. The van der Waals surface area contributed by atoms with Crippen molar-refractivity contribution in [1.82, 2.24) is 4.57 Å². The Labute approximate surface area is 101 Å². The van der Waals surface area contributed by atoms with Gasteiger partial charge < -0.3 is 4.57 Å². The number of hydrogen-bond donors (Lipinski definition) is 0. The lowest BCUT2D eigenvalue weighted by atomic mass is 10.1. The van der Waals surface area contributed by atoms with Gasteiger partial charge in [-0.15, -0.1) is 0 Å². The number of carbonyl (C=O) groups is 1. The summed E-state index contributed by atoms with van der Waals surface area (Å²) in [6, 6.07) is 11.6. The van der Waals surface area contributed by atoms with Crippen LogP contribution in [0.15, 0.2) is 60.9 Å². The van der Waals surface area contributed by atoms with E-state index in [0.29, 0.717) is 0 Å². The minimum Gasteiger partial charge on any atom is -0.324 e. The smallest absolute Gasteiger partial charge is 0.185 e. The number of hydrogen-bond acceptors (Lipinski definition) is 1. The zero-order valence-electron chi connectivity index (χ0n) is 9.84. The molecule has 1 aromatic heterocycles. The fourth-order valence-corrected chi connectivity index (χ4v) is 1.65. The molecule has 0 saturated carbocycles. The topological polar surface area (TPSA) is 22.0 Å². The van der Waals surface area contributed by atoms with E-state index in [9.17, 15) is 4.79 Å². The number of benzene rings is 1. The molecule has 0 aliphatic heterocycles. The van der Waals surface area contributed by atoms with E-state index >= 15 is 0 Å². The standard InChI is InChI=1S/C15H15NO/c1-2-3-9-15(17)13-7-6-8-14(12-13)16-10-4-5-11-16/h3-12H,2H2,1H3/b9-3+. The summed E-state index contributed by atoms with van der Waals surface area (Å²) in [4.78, 5) is 11.8. The van der Waals surface area contributed by atoms with Gasteiger partial charge in [0.05, 0.1) is 0 Å². The monoisotopic (exact) mass is 225 g/mol. The molecule has 2 rings (SSSR count). The lowest BCUT2D eigenvalue weighted by molar-refractivity contribution is 0.104. The lowest BCUT2D eigenvalue weighted by Crippen LogP contribution is -1.97. The molecule has 0 saturated heterocycles. The van der Waals surface area contributed by atoms with E-state index in [1.807, 2.05) is 66.4 Å². The fourth-order valence-electron chi connectivity index (χ4n) is 1.65. The Hall–Kier alpha value is -2.09. The summed E-state index contributed by atoms with van der Waals surface area (Å²) in [5.41, 5.74) is 1.73. The number of rotatable bonds is 4. The first-order chi connectivity index (χ1) is 8.31. The van der Waals surface area contributed by atoms with Crippen molar-refractivity contribution in [2.45, 2.75) is 13.3 Å². The van der Waals surface area contributed by atoms with Crippen LogP contribution in [0.1, 0.15) is 23.7 Å². The van der Waals surface area contributed by atoms with Crippen molar-refractivity contribution in [3.8, 4) is 5.69 Å². The molecule has 2 aromatic rings. The highest BCUT2D eigenvalue weighted by Crippen LogP contribution is 2.11. The molecule has 0 unspecified atom stereocenters. The molecule has 0 radical (unpaired) electrons. The summed E-state index contributed by atoms with van der Waals surface area (Å²) < 4.78 is 1.99. The quantitative estimate of drug-likeness (QED) is 0.575. The van der Waals surface area contributed by atoms with E-state index in [1.54, 1.807) is 6.08 Å². The zero-order chi connectivity index (χ0) is 12.1. The Morgan fingerprint density at radius 1 is 1.24 bits per heavy atom. The lowest BCUT2D eigenvalue weighted by Gasteiger charge is -2.04. The van der Waals surface area contributed by atoms with Crippen molar-refractivity contribution in [3.05, 3.63) is 66.5 Å². The molecule has 0 fully saturated rings. The summed E-state index contributed by atoms with van der Waals surface area (Å²) in [5.74, 6) is 0.0563. The third kappa shape index (κ3) is 2.72. The highest BCUT2D eigenvalue weighted by atomic mass is 16.1. The second kappa shape index (κ2) is 5.30. The SMILES string of the molecule is CC/C=C/C(=O)c1cccc(-n2cccc2)c1. The van der Waals surface area contributed by atoms with Gasteiger partial charge in [-0.3, -0.25) is 4.79 Å². The van der Waals surface area contributed by atoms with E-state index in [-0.39, 0.29) is 5.78 Å². The van der Waals surface area contributed by atoms with Crippen molar-refractivity contribution in [1.29, 1.82) is 0 Å². The summed E-state index contributed by atoms with van der Waals surface area (Å²) in [6.45, 7) is 2.01. The summed E-state index contributed by atoms with van der Waals surface area (Å²) in [5, 5.41) is 0. The fraction of sp³-hybridized carbons (Fsp3) is 0.133. The molecule has 0 spiro atoms. The van der Waals surface area contributed by atoms with Crippen molar-refractivity contribution >= 4 is 5.78 Å². The van der Waals surface area contributed by atoms with Crippen LogP contribution in [0.2, 0.25) is 0 Å². The Bertz CT molecular complexity index is 524. The van der Waals surface area contributed by atoms with Crippen LogP contribution in [0.25, 0.3) is 5.69 Å². The van der Waals surface area contributed by atoms with Gasteiger partial charge in [0.15, 0.2) is 5.78 Å². The molecule has 0 atom stereocenters. The average molecular weight is 225 g/mol. The Morgan fingerprint density at radius 2 is 2.00 bits per heavy atom. The zero-order valence-corrected chi connectivity index (χ0v) is 9.84. The van der Waals surface area contributed by atoms with E-state index in [0.717, 1.165) is 17.7 Å². The second-order valence-electron chi connectivity index (χ2n) is 3.82. The van der Waals surface area contributed by atoms with Gasteiger partial charge >= 0.3 is 0 Å². The van der Waals surface area contributed by atoms with E-state index < -0.39 is 0 Å². The van der Waals surface area contributed by atoms with Gasteiger partial charge in [-0.25, -0.2) is 0 Å². The Morgan fingerprint density at radius 3 is 2.71 bits per heavy atom. The van der Waals surface area contributed by atoms with Crippen LogP contribution in [-0.2, 0) is 0 Å². The molecule has 86 valence electrons. The second-order valence-corrected chi connectivity index (χ2v) is 3.82. The molecular formula is C15H15NO. The molecule has 2 heteroatoms. The van der Waals surface area contributed by atoms with Crippen LogP contribution in [0, 0.1) is 0 Å². The largest absolute Gasteiger partial charge is 0.324 e. The van der Waals surface area contributed by atoms with Crippen LogP contribution in [0.4, 0.5) is 0 Å². The van der Waals surface area contributed by atoms with Crippen molar-refractivity contribution in [2.24, 2.45) is 0 Å². The van der Waals surface area contributed by atoms with Gasteiger partial charge in [0.1, 0.15) is 0 Å². The molecule has 0 N–H and O–H groups in total. The molecule has 1 aromatic carbocycles. The average Bonchev–Trinajstić information content (AvgIpc) is 2.90. The summed E-state index contributed by atoms with van der Waals surface area (Å²) in [6.07, 6.45) is 8.32. The number of carbonyl (C=O) groups excluding carboxylic acids is 1. The van der Waals surface area contributed by atoms with Crippen LogP contribution in [0.3, 0.4) is 0 Å². The molecule has 1 heterocycles. The molecule has 2 nitrogen and oxygen atoms in total. The van der Waals surface area contributed by atoms with Crippen LogP contribution >= 0.6 is 0 Å². The van der Waals surface area contributed by atoms with Gasteiger partial charge in [0.25, 0.3) is 0 Å². The van der Waals surface area contributed by atoms with Crippen molar-refractivity contribution < 1.29 is 4.79 Å². The molecular weight excluding hydrogens is 210 g/mol. The number of allylic oxidation sites excluding steroid dienone is 2. The van der Waals surface area contributed by atoms with Gasteiger partial charge in [-0.05, 0) is 36.8 Å². The number of aromatic nitrogens is 1. The maximum Gasteiger partial charge on any atom is 0.185 e. The van der Waals surface area contributed by atoms with Gasteiger partial charge in [-0.1, -0.05) is 25.1 Å². The highest BCUT2D eigenvalue weighted by molar-refractivity contribution is 6.04. The molecule has 0 aliphatic rings. The minimum absolute atomic E-state index is 0.0563. The van der Waals surface area contributed by atoms with Gasteiger partial charge in [0.2, 0.25) is 0 Å². The van der Waals surface area contributed by atoms with E-state index in [1.165, 1.54) is 0 Å². The van der Waals surface area contributed by atoms with Crippen molar-refractivity contribution in [3.63, 3.8) is 0 Å². The Kier molecular flexibility index (Phi) is 3.55. The predicted octanol–water partition coefficient (Wildman–Crippen LogP) is 3.63. The minimum atomic E-state index is 0.0563. The summed E-state index contributed by atoms with van der Waals surface area (Å²) >= 11 is 0. The molecule has 0 aliphatic carbocycles. The first-order valence-electron chi connectivity index (χ1n) is 5.75. The maximum atomic E-state index is 11.8. The third-order valence-electron chi connectivity index (χ3n) is 2.54. The van der Waals surface area contributed by atoms with Gasteiger partial charge in [0, 0.05) is 23.6 Å². The molecule has 17 heavy (non-hydrogen) atoms. The first-order valence-corrected chi connectivity index (χ1v) is 5.75. The molecule has 0 amide bonds. The predicted molar refractivity (Wildman–Crippen MR) is 69.5 cm³/mol. The van der Waals surface area contributed by atoms with Gasteiger partial charge in [-0.2, -0.15) is 0 Å². The normalized spacial score (nSPS) is 10.9. The van der Waals surface area contributed by atoms with Crippen LogP contribution in [-0.4, -0.2) is 10.4 Å². The van der Waals surface area contributed by atoms with Crippen LogP contribution < -0.4 is 0 Å².